The predicted octanol–water partition coefficient (Wildman–Crippen LogP) is 0.515. The van der Waals surface area contributed by atoms with Gasteiger partial charge in [-0.2, -0.15) is 0 Å². The van der Waals surface area contributed by atoms with Crippen molar-refractivity contribution >= 4 is 6.02 Å². The monoisotopic (exact) mass is 172 g/mol. The van der Waals surface area contributed by atoms with Crippen LogP contribution >= 0.6 is 0 Å². The molecule has 4 heteroatoms. The number of hydrogen-bond acceptors (Lipinski definition) is 4. The minimum Gasteiger partial charge on any atom is -0.458 e. The van der Waals surface area contributed by atoms with E-state index in [9.17, 15) is 0 Å². The van der Waals surface area contributed by atoms with Gasteiger partial charge in [-0.05, 0) is 20.8 Å². The first kappa shape index (κ1) is 9.32. The number of hydrogen-bond donors (Lipinski definition) is 1. The van der Waals surface area contributed by atoms with E-state index in [2.05, 4.69) is 4.99 Å². The Bertz CT molecular complexity index is 184. The summed E-state index contributed by atoms with van der Waals surface area (Å²) in [6.45, 7) is 7.18. The number of ether oxygens (including phenoxy) is 2. The molecule has 70 valence electrons. The van der Waals surface area contributed by atoms with Gasteiger partial charge in [0.05, 0.1) is 18.8 Å². The van der Waals surface area contributed by atoms with Crippen LogP contribution in [0.3, 0.4) is 0 Å². The van der Waals surface area contributed by atoms with Gasteiger partial charge >= 0.3 is 0 Å². The average Bonchev–Trinajstić information content (AvgIpc) is 2.30. The quantitative estimate of drug-likeness (QED) is 0.660. The van der Waals surface area contributed by atoms with Crippen LogP contribution in [-0.2, 0) is 9.47 Å². The largest absolute Gasteiger partial charge is 0.458 e. The Hall–Kier alpha value is -0.770. The summed E-state index contributed by atoms with van der Waals surface area (Å²) in [5.74, 6) is 0. The lowest BCUT2D eigenvalue weighted by Gasteiger charge is -2.21. The van der Waals surface area contributed by atoms with Crippen molar-refractivity contribution in [2.75, 3.05) is 13.2 Å². The van der Waals surface area contributed by atoms with Crippen LogP contribution in [0.15, 0.2) is 4.99 Å². The Morgan fingerprint density at radius 3 is 2.75 bits per heavy atom. The first-order valence-corrected chi connectivity index (χ1v) is 4.08. The van der Waals surface area contributed by atoms with Crippen LogP contribution in [0, 0.1) is 0 Å². The molecule has 0 spiro atoms. The maximum Gasteiger partial charge on any atom is 0.282 e. The fourth-order valence-corrected chi connectivity index (χ4v) is 0.867. The summed E-state index contributed by atoms with van der Waals surface area (Å²) >= 11 is 0. The smallest absolute Gasteiger partial charge is 0.282 e. The van der Waals surface area contributed by atoms with Crippen LogP contribution in [0.4, 0.5) is 0 Å². The van der Waals surface area contributed by atoms with E-state index in [-0.39, 0.29) is 17.7 Å². The van der Waals surface area contributed by atoms with Gasteiger partial charge in [-0.1, -0.05) is 0 Å². The van der Waals surface area contributed by atoms with Crippen molar-refractivity contribution in [3.8, 4) is 0 Å². The molecule has 1 atom stereocenters. The van der Waals surface area contributed by atoms with Gasteiger partial charge < -0.3 is 15.2 Å². The topological polar surface area (TPSA) is 56.8 Å². The van der Waals surface area contributed by atoms with Crippen LogP contribution in [0.1, 0.15) is 20.8 Å². The molecule has 1 aliphatic rings. The van der Waals surface area contributed by atoms with E-state index in [1.165, 1.54) is 0 Å². The molecule has 1 rings (SSSR count). The molecule has 0 saturated heterocycles. The number of rotatable bonds is 2. The molecule has 2 N–H and O–H groups in total. The van der Waals surface area contributed by atoms with E-state index in [1.54, 1.807) is 0 Å². The Labute approximate surface area is 72.8 Å². The minimum atomic E-state index is -0.124. The fourth-order valence-electron chi connectivity index (χ4n) is 0.867. The molecule has 4 nitrogen and oxygen atoms in total. The van der Waals surface area contributed by atoms with Crippen molar-refractivity contribution in [2.45, 2.75) is 32.5 Å². The Balaban J connectivity index is 2.18. The number of nitrogens with zero attached hydrogens (tertiary/aromatic N) is 1. The van der Waals surface area contributed by atoms with Gasteiger partial charge in [0.2, 0.25) is 0 Å². The first-order valence-electron chi connectivity index (χ1n) is 4.08. The first-order chi connectivity index (χ1) is 5.47. The molecule has 12 heavy (non-hydrogen) atoms. The SMILES string of the molecule is CC(C)(C)OCC1CN=C(N)O1. The summed E-state index contributed by atoms with van der Waals surface area (Å²) in [5, 5.41) is 0. The fraction of sp³-hybridized carbons (Fsp3) is 0.875. The maximum absolute atomic E-state index is 5.51. The number of nitrogens with two attached hydrogens (primary N) is 1. The average molecular weight is 172 g/mol. The van der Waals surface area contributed by atoms with Gasteiger partial charge in [-0.25, -0.2) is 4.99 Å². The lowest BCUT2D eigenvalue weighted by atomic mass is 10.2. The molecule has 0 saturated carbocycles. The summed E-state index contributed by atoms with van der Waals surface area (Å²) in [6.07, 6.45) is 0.00391. The second-order valence-electron chi connectivity index (χ2n) is 3.84. The number of amidine groups is 1. The molecule has 1 aliphatic heterocycles. The number of aliphatic imine (C=N–C) groups is 1. The summed E-state index contributed by atoms with van der Waals surface area (Å²) < 4.78 is 10.7. The molecular formula is C8H16N2O2. The zero-order valence-corrected chi connectivity index (χ0v) is 7.83. The van der Waals surface area contributed by atoms with Crippen LogP contribution in [-0.4, -0.2) is 30.9 Å². The summed E-state index contributed by atoms with van der Waals surface area (Å²) in [5.41, 5.74) is 5.21. The minimum absolute atomic E-state index is 0.00391. The molecule has 0 amide bonds. The molecule has 1 heterocycles. The highest BCUT2D eigenvalue weighted by Gasteiger charge is 2.20. The molecule has 0 fully saturated rings. The van der Waals surface area contributed by atoms with Crippen LogP contribution in [0.5, 0.6) is 0 Å². The van der Waals surface area contributed by atoms with E-state index in [4.69, 9.17) is 15.2 Å². The van der Waals surface area contributed by atoms with Crippen LogP contribution in [0.25, 0.3) is 0 Å². The Kier molecular flexibility index (Phi) is 2.57. The molecular weight excluding hydrogens is 156 g/mol. The van der Waals surface area contributed by atoms with E-state index in [1.807, 2.05) is 20.8 Å². The molecule has 0 aromatic carbocycles. The second kappa shape index (κ2) is 3.31. The summed E-state index contributed by atoms with van der Waals surface area (Å²) in [7, 11) is 0. The third kappa shape index (κ3) is 3.09. The molecule has 0 radical (unpaired) electrons. The molecule has 1 unspecified atom stereocenters. The van der Waals surface area contributed by atoms with Gasteiger partial charge in [0.25, 0.3) is 6.02 Å². The lowest BCUT2D eigenvalue weighted by molar-refractivity contribution is -0.0383. The van der Waals surface area contributed by atoms with Gasteiger partial charge in [0.1, 0.15) is 6.10 Å². The second-order valence-corrected chi connectivity index (χ2v) is 3.84. The van der Waals surface area contributed by atoms with E-state index < -0.39 is 0 Å². The highest BCUT2D eigenvalue weighted by atomic mass is 16.6. The predicted molar refractivity (Wildman–Crippen MR) is 47.1 cm³/mol. The lowest BCUT2D eigenvalue weighted by Crippen LogP contribution is -2.29. The van der Waals surface area contributed by atoms with Crippen LogP contribution < -0.4 is 5.73 Å². The van der Waals surface area contributed by atoms with Crippen LogP contribution in [0.2, 0.25) is 0 Å². The maximum atomic E-state index is 5.51. The van der Waals surface area contributed by atoms with Crippen molar-refractivity contribution in [1.29, 1.82) is 0 Å². The van der Waals surface area contributed by atoms with Crippen molar-refractivity contribution < 1.29 is 9.47 Å². The Morgan fingerprint density at radius 1 is 1.67 bits per heavy atom. The highest BCUT2D eigenvalue weighted by Crippen LogP contribution is 2.10. The van der Waals surface area contributed by atoms with Gasteiger partial charge in [-0.15, -0.1) is 0 Å². The van der Waals surface area contributed by atoms with E-state index in [0.717, 1.165) is 0 Å². The zero-order valence-electron chi connectivity index (χ0n) is 7.83. The Morgan fingerprint density at radius 2 is 2.33 bits per heavy atom. The molecule has 0 aromatic rings. The zero-order chi connectivity index (χ0) is 9.19. The van der Waals surface area contributed by atoms with Crippen molar-refractivity contribution in [3.05, 3.63) is 0 Å². The third-order valence-electron chi connectivity index (χ3n) is 1.44. The van der Waals surface area contributed by atoms with Crippen molar-refractivity contribution in [2.24, 2.45) is 10.7 Å². The van der Waals surface area contributed by atoms with Crippen molar-refractivity contribution in [1.82, 2.24) is 0 Å². The summed E-state index contributed by atoms with van der Waals surface area (Å²) in [4.78, 5) is 3.91. The molecule has 0 aromatic heterocycles. The van der Waals surface area contributed by atoms with E-state index >= 15 is 0 Å². The summed E-state index contributed by atoms with van der Waals surface area (Å²) in [6, 6.07) is 0.275. The third-order valence-corrected chi connectivity index (χ3v) is 1.44. The van der Waals surface area contributed by atoms with E-state index in [0.29, 0.717) is 13.2 Å². The normalized spacial score (nSPS) is 23.6. The van der Waals surface area contributed by atoms with Gasteiger partial charge in [0, 0.05) is 0 Å². The van der Waals surface area contributed by atoms with Crippen molar-refractivity contribution in [3.63, 3.8) is 0 Å². The standard InChI is InChI=1S/C8H16N2O2/c1-8(2,3)11-5-6-4-10-7(9)12-6/h6H,4-5H2,1-3H3,(H2,9,10). The molecule has 0 aliphatic carbocycles. The van der Waals surface area contributed by atoms with Gasteiger partial charge in [-0.3, -0.25) is 0 Å². The highest BCUT2D eigenvalue weighted by molar-refractivity contribution is 5.72. The molecule has 0 bridgehead atoms. The van der Waals surface area contributed by atoms with Gasteiger partial charge in [0.15, 0.2) is 0 Å².